The molecule has 0 aromatic heterocycles. The summed E-state index contributed by atoms with van der Waals surface area (Å²) in [5.41, 5.74) is 1.42. The van der Waals surface area contributed by atoms with Gasteiger partial charge >= 0.3 is 5.97 Å². The summed E-state index contributed by atoms with van der Waals surface area (Å²) in [6, 6.07) is 0. The summed E-state index contributed by atoms with van der Waals surface area (Å²) >= 11 is 0. The third kappa shape index (κ3) is 2.27. The normalized spacial score (nSPS) is 44.3. The van der Waals surface area contributed by atoms with Gasteiger partial charge in [0.25, 0.3) is 0 Å². The van der Waals surface area contributed by atoms with E-state index in [2.05, 4.69) is 19.4 Å². The lowest BCUT2D eigenvalue weighted by molar-refractivity contribution is -0.167. The van der Waals surface area contributed by atoms with Crippen molar-refractivity contribution >= 4 is 11.8 Å². The van der Waals surface area contributed by atoms with Gasteiger partial charge in [-0.05, 0) is 73.8 Å². The molecule has 3 saturated carbocycles. The van der Waals surface area contributed by atoms with Crippen molar-refractivity contribution in [3.8, 4) is 12.3 Å². The Bertz CT molecular complexity index is 754. The minimum atomic E-state index is -0.769. The van der Waals surface area contributed by atoms with Crippen LogP contribution < -0.4 is 0 Å². The SMILES string of the molecule is C#C[C@]1(OC(C)=O)CC[C@H]2[C@@H]3CC(=C)C4=CC(=O)CC[C@@H]4[C@H]3CC[C@@]21C. The summed E-state index contributed by atoms with van der Waals surface area (Å²) in [4.78, 5) is 23.7. The van der Waals surface area contributed by atoms with Gasteiger partial charge in [0.2, 0.25) is 0 Å². The van der Waals surface area contributed by atoms with Crippen LogP contribution in [0.1, 0.15) is 58.8 Å². The van der Waals surface area contributed by atoms with E-state index in [1.54, 1.807) is 0 Å². The first-order valence-electron chi connectivity index (χ1n) is 9.91. The molecule has 6 atom stereocenters. The molecule has 0 aromatic rings. The van der Waals surface area contributed by atoms with Crippen LogP contribution in [0.2, 0.25) is 0 Å². The van der Waals surface area contributed by atoms with Crippen molar-refractivity contribution in [3.05, 3.63) is 23.8 Å². The first kappa shape index (κ1) is 17.6. The highest BCUT2D eigenvalue weighted by molar-refractivity contribution is 5.92. The topological polar surface area (TPSA) is 43.4 Å². The van der Waals surface area contributed by atoms with E-state index in [0.717, 1.165) is 44.1 Å². The Morgan fingerprint density at radius 2 is 2.08 bits per heavy atom. The van der Waals surface area contributed by atoms with Crippen molar-refractivity contribution in [2.24, 2.45) is 29.1 Å². The second kappa shape index (κ2) is 5.84. The largest absolute Gasteiger partial charge is 0.445 e. The predicted molar refractivity (Wildman–Crippen MR) is 99.9 cm³/mol. The number of terminal acetylenes is 1. The molecule has 0 spiro atoms. The number of esters is 1. The zero-order valence-corrected chi connectivity index (χ0v) is 15.8. The molecule has 3 nitrogen and oxygen atoms in total. The number of fused-ring (bicyclic) bond motifs is 5. The highest BCUT2D eigenvalue weighted by Crippen LogP contribution is 2.66. The molecule has 3 fully saturated rings. The summed E-state index contributed by atoms with van der Waals surface area (Å²) < 4.78 is 5.79. The van der Waals surface area contributed by atoms with Crippen molar-refractivity contribution in [2.45, 2.75) is 64.4 Å². The molecule has 0 aliphatic heterocycles. The summed E-state index contributed by atoms with van der Waals surface area (Å²) in [7, 11) is 0. The third-order valence-electron chi connectivity index (χ3n) is 7.99. The lowest BCUT2D eigenvalue weighted by Crippen LogP contribution is -2.53. The van der Waals surface area contributed by atoms with E-state index in [-0.39, 0.29) is 17.2 Å². The van der Waals surface area contributed by atoms with Crippen molar-refractivity contribution in [1.29, 1.82) is 0 Å². The minimum Gasteiger partial charge on any atom is -0.445 e. The summed E-state index contributed by atoms with van der Waals surface area (Å²) in [6.07, 6.45) is 14.2. The number of carbonyl (C=O) groups is 2. The van der Waals surface area contributed by atoms with E-state index in [0.29, 0.717) is 30.1 Å². The molecule has 0 N–H and O–H groups in total. The van der Waals surface area contributed by atoms with Gasteiger partial charge in [-0.1, -0.05) is 25.0 Å². The minimum absolute atomic E-state index is 0.166. The molecule has 0 bridgehead atoms. The van der Waals surface area contributed by atoms with Gasteiger partial charge in [0.05, 0.1) is 0 Å². The predicted octanol–water partition coefficient (Wildman–Crippen LogP) is 4.23. The standard InChI is InChI=1S/C23H28O3/c1-5-23(26-15(3)24)11-9-21-20-12-14(2)19-13-16(25)6-7-17(19)18(20)8-10-22(21,23)4/h1,13,17-18,20-21H,2,6-12H2,3-4H3/t17-,18-,20-,21+,22+,23+/m1/s1. The molecule has 0 heterocycles. The van der Waals surface area contributed by atoms with Gasteiger partial charge in [0.1, 0.15) is 0 Å². The Morgan fingerprint density at radius 1 is 1.31 bits per heavy atom. The second-order valence-electron chi connectivity index (χ2n) is 9.01. The molecular formula is C23H28O3. The Kier molecular flexibility index (Phi) is 3.95. The highest BCUT2D eigenvalue weighted by atomic mass is 16.6. The molecule has 0 amide bonds. The lowest BCUT2D eigenvalue weighted by Gasteiger charge is -2.55. The molecule has 0 saturated heterocycles. The molecular weight excluding hydrogens is 324 g/mol. The number of allylic oxidation sites excluding steroid dienone is 2. The molecule has 0 unspecified atom stereocenters. The number of rotatable bonds is 1. The van der Waals surface area contributed by atoms with Gasteiger partial charge in [-0.25, -0.2) is 0 Å². The number of hydrogen-bond acceptors (Lipinski definition) is 3. The van der Waals surface area contributed by atoms with Crippen LogP contribution in [0.15, 0.2) is 23.8 Å². The molecule has 0 radical (unpaired) electrons. The van der Waals surface area contributed by atoms with Gasteiger partial charge < -0.3 is 4.74 Å². The monoisotopic (exact) mass is 352 g/mol. The molecule has 4 aliphatic carbocycles. The Labute approximate surface area is 156 Å². The van der Waals surface area contributed by atoms with E-state index in [9.17, 15) is 9.59 Å². The Hall–Kier alpha value is -1.82. The smallest absolute Gasteiger partial charge is 0.304 e. The van der Waals surface area contributed by atoms with E-state index >= 15 is 0 Å². The van der Waals surface area contributed by atoms with Crippen molar-refractivity contribution in [3.63, 3.8) is 0 Å². The van der Waals surface area contributed by atoms with Gasteiger partial charge in [0.15, 0.2) is 11.4 Å². The Balaban J connectivity index is 1.69. The number of hydrogen-bond donors (Lipinski definition) is 0. The van der Waals surface area contributed by atoms with Gasteiger partial charge in [0, 0.05) is 18.8 Å². The average Bonchev–Trinajstić information content (AvgIpc) is 2.88. The van der Waals surface area contributed by atoms with Crippen molar-refractivity contribution in [1.82, 2.24) is 0 Å². The fourth-order valence-electron chi connectivity index (χ4n) is 6.81. The van der Waals surface area contributed by atoms with E-state index in [1.165, 1.54) is 12.5 Å². The zero-order valence-electron chi connectivity index (χ0n) is 15.8. The van der Waals surface area contributed by atoms with E-state index in [1.807, 2.05) is 6.08 Å². The van der Waals surface area contributed by atoms with Crippen LogP contribution in [0.4, 0.5) is 0 Å². The number of ether oxygens (including phenoxy) is 1. The lowest BCUT2D eigenvalue weighted by atomic mass is 9.50. The van der Waals surface area contributed by atoms with Crippen LogP contribution in [-0.2, 0) is 14.3 Å². The van der Waals surface area contributed by atoms with Crippen LogP contribution in [-0.4, -0.2) is 17.4 Å². The fourth-order valence-corrected chi connectivity index (χ4v) is 6.81. The Morgan fingerprint density at radius 3 is 2.77 bits per heavy atom. The average molecular weight is 352 g/mol. The van der Waals surface area contributed by atoms with E-state index in [4.69, 9.17) is 11.2 Å². The molecule has 26 heavy (non-hydrogen) atoms. The zero-order chi connectivity index (χ0) is 18.7. The summed E-state index contributed by atoms with van der Waals surface area (Å²) in [5, 5.41) is 0. The van der Waals surface area contributed by atoms with Gasteiger partial charge in [-0.15, -0.1) is 6.42 Å². The number of ketones is 1. The van der Waals surface area contributed by atoms with Gasteiger partial charge in [-0.3, -0.25) is 9.59 Å². The molecule has 0 aromatic carbocycles. The maximum Gasteiger partial charge on any atom is 0.304 e. The number of carbonyl (C=O) groups excluding carboxylic acids is 2. The van der Waals surface area contributed by atoms with E-state index < -0.39 is 5.60 Å². The maximum absolute atomic E-state index is 11.9. The molecule has 138 valence electrons. The molecule has 4 rings (SSSR count). The van der Waals surface area contributed by atoms with Crippen LogP contribution >= 0.6 is 0 Å². The molecule has 4 aliphatic rings. The van der Waals surface area contributed by atoms with Crippen molar-refractivity contribution in [2.75, 3.05) is 0 Å². The summed E-state index contributed by atoms with van der Waals surface area (Å²) in [6.45, 7) is 8.02. The first-order valence-corrected chi connectivity index (χ1v) is 9.91. The quantitative estimate of drug-likeness (QED) is 0.524. The highest BCUT2D eigenvalue weighted by Gasteiger charge is 2.64. The van der Waals surface area contributed by atoms with Gasteiger partial charge in [-0.2, -0.15) is 0 Å². The van der Waals surface area contributed by atoms with Crippen LogP contribution in [0, 0.1) is 41.4 Å². The first-order chi connectivity index (χ1) is 12.3. The third-order valence-corrected chi connectivity index (χ3v) is 7.99. The maximum atomic E-state index is 11.9. The summed E-state index contributed by atoms with van der Waals surface area (Å²) in [5.74, 6) is 4.92. The second-order valence-corrected chi connectivity index (χ2v) is 9.01. The van der Waals surface area contributed by atoms with Crippen LogP contribution in [0.3, 0.4) is 0 Å². The van der Waals surface area contributed by atoms with Crippen LogP contribution in [0.5, 0.6) is 0 Å². The van der Waals surface area contributed by atoms with Crippen LogP contribution in [0.25, 0.3) is 0 Å². The fraction of sp³-hybridized carbons (Fsp3) is 0.652. The van der Waals surface area contributed by atoms with Crippen molar-refractivity contribution < 1.29 is 14.3 Å². The molecule has 3 heteroatoms.